The number of rotatable bonds is 5. The normalized spacial score (nSPS) is 11.0. The third kappa shape index (κ3) is 3.92. The SMILES string of the molecule is CCOC(=O)CC(=O)c1cccc(S(=O)(=O)F)c1. The molecule has 0 amide bonds. The van der Waals surface area contributed by atoms with Crippen LogP contribution in [0.3, 0.4) is 0 Å². The minimum Gasteiger partial charge on any atom is -0.466 e. The van der Waals surface area contributed by atoms with Crippen molar-refractivity contribution in [1.29, 1.82) is 0 Å². The molecule has 0 aromatic heterocycles. The first-order valence-electron chi connectivity index (χ1n) is 5.08. The van der Waals surface area contributed by atoms with E-state index >= 15 is 0 Å². The predicted octanol–water partition coefficient (Wildman–Crippen LogP) is 1.48. The summed E-state index contributed by atoms with van der Waals surface area (Å²) in [6, 6.07) is 4.44. The third-order valence-corrected chi connectivity index (χ3v) is 2.86. The number of hydrogen-bond donors (Lipinski definition) is 0. The fraction of sp³-hybridized carbons (Fsp3) is 0.273. The van der Waals surface area contributed by atoms with Gasteiger partial charge in [0.15, 0.2) is 5.78 Å². The number of ketones is 1. The highest BCUT2D eigenvalue weighted by atomic mass is 32.3. The van der Waals surface area contributed by atoms with E-state index in [1.54, 1.807) is 6.92 Å². The smallest absolute Gasteiger partial charge is 0.332 e. The van der Waals surface area contributed by atoms with Crippen LogP contribution in [0, 0.1) is 0 Å². The lowest BCUT2D eigenvalue weighted by Gasteiger charge is -2.02. The Kier molecular flexibility index (Phi) is 4.55. The standard InChI is InChI=1S/C11H11FO5S/c1-2-17-11(14)7-10(13)8-4-3-5-9(6-8)18(12,15)16/h3-6H,2,7H2,1H3. The highest BCUT2D eigenvalue weighted by molar-refractivity contribution is 7.86. The van der Waals surface area contributed by atoms with Gasteiger partial charge in [0.05, 0.1) is 11.5 Å². The molecule has 0 spiro atoms. The van der Waals surface area contributed by atoms with Gasteiger partial charge in [0.25, 0.3) is 0 Å². The Bertz CT molecular complexity index is 565. The van der Waals surface area contributed by atoms with E-state index in [4.69, 9.17) is 0 Å². The zero-order valence-corrected chi connectivity index (χ0v) is 10.4. The second-order valence-electron chi connectivity index (χ2n) is 3.37. The van der Waals surface area contributed by atoms with Gasteiger partial charge in [-0.05, 0) is 19.1 Å². The van der Waals surface area contributed by atoms with Crippen molar-refractivity contribution in [2.75, 3.05) is 6.61 Å². The van der Waals surface area contributed by atoms with Gasteiger partial charge in [-0.1, -0.05) is 12.1 Å². The molecule has 0 unspecified atom stereocenters. The molecule has 0 aliphatic rings. The lowest BCUT2D eigenvalue weighted by molar-refractivity contribution is -0.141. The molecule has 18 heavy (non-hydrogen) atoms. The Morgan fingerprint density at radius 3 is 2.56 bits per heavy atom. The number of ether oxygens (including phenoxy) is 1. The molecule has 0 aliphatic carbocycles. The van der Waals surface area contributed by atoms with Crippen LogP contribution < -0.4 is 0 Å². The maximum Gasteiger partial charge on any atom is 0.332 e. The Morgan fingerprint density at radius 1 is 1.33 bits per heavy atom. The van der Waals surface area contributed by atoms with Gasteiger partial charge in [0, 0.05) is 5.56 Å². The molecule has 0 radical (unpaired) electrons. The average molecular weight is 274 g/mol. The third-order valence-electron chi connectivity index (χ3n) is 2.05. The van der Waals surface area contributed by atoms with E-state index in [1.165, 1.54) is 12.1 Å². The minimum atomic E-state index is -4.87. The van der Waals surface area contributed by atoms with E-state index < -0.39 is 33.3 Å². The number of carbonyl (C=O) groups is 2. The van der Waals surface area contributed by atoms with Crippen molar-refractivity contribution in [3.8, 4) is 0 Å². The van der Waals surface area contributed by atoms with Gasteiger partial charge in [-0.3, -0.25) is 9.59 Å². The topological polar surface area (TPSA) is 77.5 Å². The monoisotopic (exact) mass is 274 g/mol. The number of halogens is 1. The number of benzene rings is 1. The molecule has 1 aromatic carbocycles. The van der Waals surface area contributed by atoms with E-state index in [1.807, 2.05) is 0 Å². The molecule has 0 bridgehead atoms. The first-order chi connectivity index (χ1) is 8.34. The van der Waals surface area contributed by atoms with Gasteiger partial charge < -0.3 is 4.74 Å². The van der Waals surface area contributed by atoms with Crippen LogP contribution >= 0.6 is 0 Å². The van der Waals surface area contributed by atoms with Gasteiger partial charge in [-0.25, -0.2) is 0 Å². The van der Waals surface area contributed by atoms with Crippen molar-refractivity contribution in [2.45, 2.75) is 18.2 Å². The van der Waals surface area contributed by atoms with Crippen LogP contribution in [0.15, 0.2) is 29.2 Å². The summed E-state index contributed by atoms with van der Waals surface area (Å²) < 4.78 is 38.6. The molecule has 5 nitrogen and oxygen atoms in total. The lowest BCUT2D eigenvalue weighted by Crippen LogP contribution is -2.11. The van der Waals surface area contributed by atoms with Crippen molar-refractivity contribution in [3.63, 3.8) is 0 Å². The van der Waals surface area contributed by atoms with Gasteiger partial charge >= 0.3 is 16.2 Å². The van der Waals surface area contributed by atoms with E-state index in [2.05, 4.69) is 4.74 Å². The van der Waals surface area contributed by atoms with Gasteiger partial charge in [-0.2, -0.15) is 8.42 Å². The van der Waals surface area contributed by atoms with Crippen LogP contribution in [0.4, 0.5) is 3.89 Å². The minimum absolute atomic E-state index is 0.0539. The van der Waals surface area contributed by atoms with Gasteiger partial charge in [0.1, 0.15) is 6.42 Å². The number of esters is 1. The summed E-state index contributed by atoms with van der Waals surface area (Å²) in [6.07, 6.45) is -0.510. The number of hydrogen-bond acceptors (Lipinski definition) is 5. The summed E-state index contributed by atoms with van der Waals surface area (Å²) in [7, 11) is -4.87. The van der Waals surface area contributed by atoms with Crippen LogP contribution in [0.25, 0.3) is 0 Å². The number of Topliss-reactive ketones (excluding diaryl/α,β-unsaturated/α-hetero) is 1. The fourth-order valence-corrected chi connectivity index (χ4v) is 1.78. The summed E-state index contributed by atoms with van der Waals surface area (Å²) >= 11 is 0. The van der Waals surface area contributed by atoms with Gasteiger partial charge in [0.2, 0.25) is 0 Å². The molecule has 1 rings (SSSR count). The van der Waals surface area contributed by atoms with E-state index in [9.17, 15) is 21.9 Å². The molecule has 1 aromatic rings. The zero-order valence-electron chi connectivity index (χ0n) is 9.55. The second kappa shape index (κ2) is 5.72. The molecule has 0 saturated carbocycles. The maximum absolute atomic E-state index is 12.7. The highest BCUT2D eigenvalue weighted by Crippen LogP contribution is 2.15. The van der Waals surface area contributed by atoms with E-state index in [0.717, 1.165) is 12.1 Å². The average Bonchev–Trinajstić information content (AvgIpc) is 2.28. The maximum atomic E-state index is 12.7. The highest BCUT2D eigenvalue weighted by Gasteiger charge is 2.17. The van der Waals surface area contributed by atoms with Crippen LogP contribution in [0.1, 0.15) is 23.7 Å². The Balaban J connectivity index is 2.91. The van der Waals surface area contributed by atoms with Crippen LogP contribution in [0.5, 0.6) is 0 Å². The number of carbonyl (C=O) groups excluding carboxylic acids is 2. The first kappa shape index (κ1) is 14.3. The van der Waals surface area contributed by atoms with Crippen LogP contribution in [-0.4, -0.2) is 26.8 Å². The molecule has 7 heteroatoms. The molecule has 0 atom stereocenters. The van der Waals surface area contributed by atoms with E-state index in [0.29, 0.717) is 0 Å². The molecule has 0 fully saturated rings. The van der Waals surface area contributed by atoms with Crippen molar-refractivity contribution >= 4 is 22.0 Å². The fourth-order valence-electron chi connectivity index (χ4n) is 1.27. The second-order valence-corrected chi connectivity index (χ2v) is 4.72. The molecule has 0 N–H and O–H groups in total. The Hall–Kier alpha value is -1.76. The largest absolute Gasteiger partial charge is 0.466 e. The van der Waals surface area contributed by atoms with E-state index in [-0.39, 0.29) is 12.2 Å². The van der Waals surface area contributed by atoms with Gasteiger partial charge in [-0.15, -0.1) is 3.89 Å². The van der Waals surface area contributed by atoms with Crippen LogP contribution in [0.2, 0.25) is 0 Å². The molecule has 98 valence electrons. The van der Waals surface area contributed by atoms with Crippen LogP contribution in [-0.2, 0) is 19.8 Å². The Morgan fingerprint density at radius 2 is 2.00 bits per heavy atom. The first-order valence-corrected chi connectivity index (χ1v) is 6.46. The summed E-state index contributed by atoms with van der Waals surface area (Å²) in [5.41, 5.74) is -0.0539. The quantitative estimate of drug-likeness (QED) is 0.352. The van der Waals surface area contributed by atoms with Crippen molar-refractivity contribution < 1.29 is 26.6 Å². The zero-order chi connectivity index (χ0) is 13.8. The lowest BCUT2D eigenvalue weighted by atomic mass is 10.1. The Labute approximate surface area is 104 Å². The summed E-state index contributed by atoms with van der Waals surface area (Å²) in [5.74, 6) is -1.34. The molecule has 0 saturated heterocycles. The molecular weight excluding hydrogens is 263 g/mol. The summed E-state index contributed by atoms with van der Waals surface area (Å²) in [4.78, 5) is 22.1. The van der Waals surface area contributed by atoms with Crippen molar-refractivity contribution in [2.24, 2.45) is 0 Å². The van der Waals surface area contributed by atoms with Crippen molar-refractivity contribution in [3.05, 3.63) is 29.8 Å². The molecule has 0 heterocycles. The van der Waals surface area contributed by atoms with Crippen molar-refractivity contribution in [1.82, 2.24) is 0 Å². The molecular formula is C11H11FO5S. The predicted molar refractivity (Wildman–Crippen MR) is 60.3 cm³/mol. The summed E-state index contributed by atoms with van der Waals surface area (Å²) in [5, 5.41) is 0. The molecule has 0 aliphatic heterocycles. The summed E-state index contributed by atoms with van der Waals surface area (Å²) in [6.45, 7) is 1.74.